The first kappa shape index (κ1) is 13.1. The van der Waals surface area contributed by atoms with Gasteiger partial charge in [0.05, 0.1) is 6.10 Å². The number of nitrogens with zero attached hydrogens (tertiary/aromatic N) is 1. The number of rotatable bonds is 6. The third-order valence-corrected chi connectivity index (χ3v) is 2.92. The van der Waals surface area contributed by atoms with E-state index in [2.05, 4.69) is 31.0 Å². The molecule has 0 aliphatic heterocycles. The van der Waals surface area contributed by atoms with Gasteiger partial charge in [-0.15, -0.1) is 0 Å². The molecule has 0 bridgehead atoms. The van der Waals surface area contributed by atoms with Gasteiger partial charge in [-0.3, -0.25) is 4.98 Å². The van der Waals surface area contributed by atoms with Crippen LogP contribution in [-0.2, 0) is 17.6 Å². The predicted octanol–water partition coefficient (Wildman–Crippen LogP) is 1.94. The second kappa shape index (κ2) is 6.61. The Morgan fingerprint density at radius 3 is 2.56 bits per heavy atom. The van der Waals surface area contributed by atoms with Crippen molar-refractivity contribution in [1.29, 1.82) is 0 Å². The highest BCUT2D eigenvalue weighted by atomic mass is 16.5. The molecule has 16 heavy (non-hydrogen) atoms. The van der Waals surface area contributed by atoms with Crippen LogP contribution in [-0.4, -0.2) is 24.2 Å². The Hall–Kier alpha value is -0.930. The molecule has 3 heteroatoms. The summed E-state index contributed by atoms with van der Waals surface area (Å²) in [6.07, 6.45) is 4.78. The average molecular weight is 222 g/mol. The Morgan fingerprint density at radius 2 is 2.12 bits per heavy atom. The molecule has 2 N–H and O–H groups in total. The molecule has 3 nitrogen and oxygen atoms in total. The van der Waals surface area contributed by atoms with E-state index in [1.165, 1.54) is 5.56 Å². The molecule has 0 fully saturated rings. The monoisotopic (exact) mass is 222 g/mol. The number of methoxy groups -OCH3 is 1. The molecule has 0 amide bonds. The lowest BCUT2D eigenvalue weighted by atomic mass is 10.0. The maximum Gasteiger partial charge on any atom is 0.0723 e. The minimum atomic E-state index is 0.0231. The lowest BCUT2D eigenvalue weighted by Crippen LogP contribution is -2.37. The van der Waals surface area contributed by atoms with Crippen LogP contribution in [0.5, 0.6) is 0 Å². The van der Waals surface area contributed by atoms with Crippen LogP contribution in [0.2, 0.25) is 0 Å². The number of aromatic nitrogens is 1. The zero-order chi connectivity index (χ0) is 12.0. The first-order valence-electron chi connectivity index (χ1n) is 5.93. The smallest absolute Gasteiger partial charge is 0.0723 e. The third-order valence-electron chi connectivity index (χ3n) is 2.92. The van der Waals surface area contributed by atoms with Crippen LogP contribution in [0.15, 0.2) is 18.3 Å². The molecule has 2 unspecified atom stereocenters. The van der Waals surface area contributed by atoms with Gasteiger partial charge in [0, 0.05) is 31.5 Å². The second-order valence-corrected chi connectivity index (χ2v) is 4.06. The summed E-state index contributed by atoms with van der Waals surface area (Å²) in [5, 5.41) is 0. The van der Waals surface area contributed by atoms with Crippen molar-refractivity contribution < 1.29 is 4.74 Å². The molecule has 1 aromatic heterocycles. The van der Waals surface area contributed by atoms with Gasteiger partial charge in [-0.2, -0.15) is 0 Å². The van der Waals surface area contributed by atoms with Gasteiger partial charge < -0.3 is 10.5 Å². The van der Waals surface area contributed by atoms with Crippen molar-refractivity contribution in [1.82, 2.24) is 4.98 Å². The van der Waals surface area contributed by atoms with Gasteiger partial charge in [0.2, 0.25) is 0 Å². The summed E-state index contributed by atoms with van der Waals surface area (Å²) >= 11 is 0. The molecule has 0 radical (unpaired) electrons. The van der Waals surface area contributed by atoms with Crippen molar-refractivity contribution in [2.45, 2.75) is 45.3 Å². The number of hydrogen-bond donors (Lipinski definition) is 1. The topological polar surface area (TPSA) is 48.1 Å². The van der Waals surface area contributed by atoms with Crippen molar-refractivity contribution >= 4 is 0 Å². The first-order chi connectivity index (χ1) is 7.71. The fourth-order valence-corrected chi connectivity index (χ4v) is 1.80. The predicted molar refractivity (Wildman–Crippen MR) is 66.4 cm³/mol. The molecule has 0 aromatic carbocycles. The highest BCUT2D eigenvalue weighted by molar-refractivity contribution is 5.14. The standard InChI is InChI=1S/C13H22N2O/c1-4-10-6-7-11(15-9-10)8-12(14)13(5-2)16-3/h6-7,9,12-13H,4-5,8,14H2,1-3H3. The molecular formula is C13H22N2O. The lowest BCUT2D eigenvalue weighted by molar-refractivity contribution is 0.0770. The molecule has 0 spiro atoms. The summed E-state index contributed by atoms with van der Waals surface area (Å²) in [4.78, 5) is 4.40. The SMILES string of the molecule is CCc1ccc(CC(N)C(CC)OC)nc1. The zero-order valence-corrected chi connectivity index (χ0v) is 10.4. The first-order valence-corrected chi connectivity index (χ1v) is 5.93. The van der Waals surface area contributed by atoms with E-state index >= 15 is 0 Å². The van der Waals surface area contributed by atoms with Gasteiger partial charge in [0.25, 0.3) is 0 Å². The van der Waals surface area contributed by atoms with Crippen molar-refractivity contribution in [2.75, 3.05) is 7.11 Å². The van der Waals surface area contributed by atoms with Crippen LogP contribution in [0.25, 0.3) is 0 Å². The molecule has 90 valence electrons. The van der Waals surface area contributed by atoms with Crippen LogP contribution in [0.4, 0.5) is 0 Å². The normalized spacial score (nSPS) is 14.8. The van der Waals surface area contributed by atoms with Crippen molar-refractivity contribution in [3.05, 3.63) is 29.6 Å². The molecule has 0 aliphatic carbocycles. The summed E-state index contributed by atoms with van der Waals surface area (Å²) in [6, 6.07) is 4.19. The Morgan fingerprint density at radius 1 is 1.38 bits per heavy atom. The minimum Gasteiger partial charge on any atom is -0.380 e. The maximum absolute atomic E-state index is 6.08. The summed E-state index contributed by atoms with van der Waals surface area (Å²) in [6.45, 7) is 4.21. The third kappa shape index (κ3) is 3.58. The van der Waals surface area contributed by atoms with Crippen molar-refractivity contribution in [2.24, 2.45) is 5.73 Å². The second-order valence-electron chi connectivity index (χ2n) is 4.06. The number of nitrogens with two attached hydrogens (primary N) is 1. The molecular weight excluding hydrogens is 200 g/mol. The molecule has 2 atom stereocenters. The average Bonchev–Trinajstić information content (AvgIpc) is 2.31. The summed E-state index contributed by atoms with van der Waals surface area (Å²) in [5.41, 5.74) is 8.38. The van der Waals surface area contributed by atoms with E-state index < -0.39 is 0 Å². The van der Waals surface area contributed by atoms with Crippen molar-refractivity contribution in [3.8, 4) is 0 Å². The minimum absolute atomic E-state index is 0.0231. The van der Waals surface area contributed by atoms with E-state index in [0.717, 1.165) is 25.0 Å². The van der Waals surface area contributed by atoms with E-state index in [-0.39, 0.29) is 12.1 Å². The van der Waals surface area contributed by atoms with Gasteiger partial charge in [0.1, 0.15) is 0 Å². The van der Waals surface area contributed by atoms with Gasteiger partial charge in [-0.1, -0.05) is 19.9 Å². The lowest BCUT2D eigenvalue weighted by Gasteiger charge is -2.20. The van der Waals surface area contributed by atoms with E-state index in [0.29, 0.717) is 0 Å². The summed E-state index contributed by atoms with van der Waals surface area (Å²) in [7, 11) is 1.71. The number of hydrogen-bond acceptors (Lipinski definition) is 3. The molecule has 0 saturated heterocycles. The fraction of sp³-hybridized carbons (Fsp3) is 0.615. The summed E-state index contributed by atoms with van der Waals surface area (Å²) < 4.78 is 5.33. The van der Waals surface area contributed by atoms with Crippen LogP contribution >= 0.6 is 0 Å². The van der Waals surface area contributed by atoms with E-state index in [1.807, 2.05) is 6.20 Å². The Labute approximate surface area is 98.0 Å². The number of pyridine rings is 1. The highest BCUT2D eigenvalue weighted by Crippen LogP contribution is 2.08. The molecule has 1 rings (SSSR count). The molecule has 1 heterocycles. The van der Waals surface area contributed by atoms with Gasteiger partial charge in [-0.05, 0) is 24.5 Å². The van der Waals surface area contributed by atoms with Crippen LogP contribution in [0.3, 0.4) is 0 Å². The largest absolute Gasteiger partial charge is 0.380 e. The fourth-order valence-electron chi connectivity index (χ4n) is 1.80. The van der Waals surface area contributed by atoms with Crippen LogP contribution in [0.1, 0.15) is 31.5 Å². The van der Waals surface area contributed by atoms with Gasteiger partial charge in [-0.25, -0.2) is 0 Å². The Bertz CT molecular complexity index is 293. The number of aryl methyl sites for hydroxylation is 1. The van der Waals surface area contributed by atoms with Crippen LogP contribution in [0, 0.1) is 0 Å². The zero-order valence-electron chi connectivity index (χ0n) is 10.4. The van der Waals surface area contributed by atoms with Gasteiger partial charge >= 0.3 is 0 Å². The molecule has 0 aliphatic rings. The van der Waals surface area contributed by atoms with Gasteiger partial charge in [0.15, 0.2) is 0 Å². The highest BCUT2D eigenvalue weighted by Gasteiger charge is 2.15. The van der Waals surface area contributed by atoms with E-state index in [9.17, 15) is 0 Å². The van der Waals surface area contributed by atoms with E-state index in [1.54, 1.807) is 7.11 Å². The Kier molecular flexibility index (Phi) is 5.43. The quantitative estimate of drug-likeness (QED) is 0.800. The molecule has 1 aromatic rings. The molecule has 0 saturated carbocycles. The van der Waals surface area contributed by atoms with Crippen LogP contribution < -0.4 is 5.73 Å². The summed E-state index contributed by atoms with van der Waals surface area (Å²) in [5.74, 6) is 0. The Balaban J connectivity index is 2.58. The number of ether oxygens (including phenoxy) is 1. The van der Waals surface area contributed by atoms with Crippen molar-refractivity contribution in [3.63, 3.8) is 0 Å². The van der Waals surface area contributed by atoms with E-state index in [4.69, 9.17) is 10.5 Å². The maximum atomic E-state index is 6.08.